The van der Waals surface area contributed by atoms with Crippen molar-refractivity contribution in [2.75, 3.05) is 32.8 Å². The molecule has 4 rings (SSSR count). The molecule has 0 spiro atoms. The fourth-order valence-corrected chi connectivity index (χ4v) is 5.02. The fourth-order valence-electron chi connectivity index (χ4n) is 4.90. The van der Waals surface area contributed by atoms with E-state index in [-0.39, 0.29) is 25.5 Å². The van der Waals surface area contributed by atoms with Crippen LogP contribution in [0, 0.1) is 17.0 Å². The van der Waals surface area contributed by atoms with Gasteiger partial charge in [-0.1, -0.05) is 17.7 Å². The molecule has 0 unspecified atom stereocenters. The molecule has 2 fully saturated rings. The lowest BCUT2D eigenvalue weighted by Crippen LogP contribution is -2.51. The van der Waals surface area contributed by atoms with Gasteiger partial charge in [-0.2, -0.15) is 0 Å². The van der Waals surface area contributed by atoms with Crippen LogP contribution in [0.4, 0.5) is 8.78 Å². The van der Waals surface area contributed by atoms with Crippen molar-refractivity contribution in [1.29, 1.82) is 0 Å². The van der Waals surface area contributed by atoms with Crippen molar-refractivity contribution < 1.29 is 23.1 Å². The predicted octanol–water partition coefficient (Wildman–Crippen LogP) is 5.32. The van der Waals surface area contributed by atoms with Crippen molar-refractivity contribution in [3.05, 3.63) is 64.7 Å². The SMILES string of the molecule is O=C(C[C@@]1(COc2ccc(Cl)cc2)CCCN(C(=O)c2c(F)cccc2F)C1)N1CCCCC1. The van der Waals surface area contributed by atoms with Gasteiger partial charge in [0.25, 0.3) is 5.91 Å². The van der Waals surface area contributed by atoms with Crippen molar-refractivity contribution in [2.45, 2.75) is 38.5 Å². The molecule has 2 amide bonds. The second-order valence-electron chi connectivity index (χ2n) is 9.29. The molecule has 0 bridgehead atoms. The number of hydrogen-bond donors (Lipinski definition) is 0. The molecular formula is C26H29ClF2N2O3. The number of piperidine rings is 2. The number of benzene rings is 2. The first-order valence-corrected chi connectivity index (χ1v) is 12.1. The Morgan fingerprint density at radius 3 is 2.24 bits per heavy atom. The molecule has 2 aromatic rings. The van der Waals surface area contributed by atoms with E-state index in [1.165, 1.54) is 11.0 Å². The van der Waals surface area contributed by atoms with Crippen molar-refractivity contribution in [3.8, 4) is 5.75 Å². The molecule has 5 nitrogen and oxygen atoms in total. The summed E-state index contributed by atoms with van der Waals surface area (Å²) < 4.78 is 34.7. The van der Waals surface area contributed by atoms with Crippen LogP contribution in [-0.4, -0.2) is 54.4 Å². The van der Waals surface area contributed by atoms with E-state index >= 15 is 0 Å². The van der Waals surface area contributed by atoms with Gasteiger partial charge in [-0.25, -0.2) is 8.78 Å². The molecule has 2 aliphatic heterocycles. The van der Waals surface area contributed by atoms with E-state index in [1.54, 1.807) is 24.3 Å². The molecule has 2 aliphatic rings. The second-order valence-corrected chi connectivity index (χ2v) is 9.72. The van der Waals surface area contributed by atoms with Gasteiger partial charge in [-0.3, -0.25) is 9.59 Å². The fraction of sp³-hybridized carbons (Fsp3) is 0.462. The molecule has 2 saturated heterocycles. The van der Waals surface area contributed by atoms with Crippen LogP contribution >= 0.6 is 11.6 Å². The van der Waals surface area contributed by atoms with Gasteiger partial charge in [-0.15, -0.1) is 0 Å². The largest absolute Gasteiger partial charge is 0.493 e. The standard InChI is InChI=1S/C26H29ClF2N2O3/c27-19-8-10-20(11-9-19)34-18-26(16-23(32)30-13-2-1-3-14-30)12-5-15-31(17-26)25(33)24-21(28)6-4-7-22(24)29/h4,6-11H,1-3,5,12-18H2/t26-/m0/s1. The quantitative estimate of drug-likeness (QED) is 0.550. The summed E-state index contributed by atoms with van der Waals surface area (Å²) in [6.45, 7) is 2.23. The summed E-state index contributed by atoms with van der Waals surface area (Å²) in [7, 11) is 0. The van der Waals surface area contributed by atoms with Crippen LogP contribution in [0.25, 0.3) is 0 Å². The maximum absolute atomic E-state index is 14.3. The number of rotatable bonds is 6. The number of hydrogen-bond acceptors (Lipinski definition) is 3. The Balaban J connectivity index is 1.56. The Morgan fingerprint density at radius 2 is 1.56 bits per heavy atom. The Labute approximate surface area is 203 Å². The third-order valence-corrected chi connectivity index (χ3v) is 6.97. The maximum Gasteiger partial charge on any atom is 0.259 e. The molecule has 8 heteroatoms. The van der Waals surface area contributed by atoms with E-state index in [9.17, 15) is 18.4 Å². The lowest BCUT2D eigenvalue weighted by atomic mass is 9.77. The highest BCUT2D eigenvalue weighted by Gasteiger charge is 2.42. The summed E-state index contributed by atoms with van der Waals surface area (Å²) in [5, 5.41) is 0.587. The molecule has 2 heterocycles. The van der Waals surface area contributed by atoms with Gasteiger partial charge in [0.15, 0.2) is 0 Å². The van der Waals surface area contributed by atoms with Gasteiger partial charge in [0, 0.05) is 43.0 Å². The van der Waals surface area contributed by atoms with E-state index in [2.05, 4.69) is 0 Å². The molecule has 2 aromatic carbocycles. The summed E-state index contributed by atoms with van der Waals surface area (Å²) in [6, 6.07) is 10.3. The van der Waals surface area contributed by atoms with Crippen molar-refractivity contribution >= 4 is 23.4 Å². The summed E-state index contributed by atoms with van der Waals surface area (Å²) >= 11 is 5.97. The Kier molecular flexibility index (Phi) is 7.71. The normalized spacial score (nSPS) is 20.8. The van der Waals surface area contributed by atoms with Crippen LogP contribution in [-0.2, 0) is 4.79 Å². The molecule has 0 saturated carbocycles. The monoisotopic (exact) mass is 490 g/mol. The zero-order valence-corrected chi connectivity index (χ0v) is 19.8. The molecule has 0 radical (unpaired) electrons. The summed E-state index contributed by atoms with van der Waals surface area (Å²) in [5.41, 5.74) is -1.22. The van der Waals surface area contributed by atoms with Gasteiger partial charge >= 0.3 is 0 Å². The van der Waals surface area contributed by atoms with Crippen LogP contribution in [0.2, 0.25) is 5.02 Å². The van der Waals surface area contributed by atoms with Crippen LogP contribution in [0.15, 0.2) is 42.5 Å². The van der Waals surface area contributed by atoms with Crippen LogP contribution in [0.3, 0.4) is 0 Å². The first-order valence-electron chi connectivity index (χ1n) is 11.8. The lowest BCUT2D eigenvalue weighted by Gasteiger charge is -2.43. The zero-order valence-electron chi connectivity index (χ0n) is 19.1. The minimum Gasteiger partial charge on any atom is -0.493 e. The Bertz CT molecular complexity index is 1010. The lowest BCUT2D eigenvalue weighted by molar-refractivity contribution is -0.136. The van der Waals surface area contributed by atoms with Gasteiger partial charge in [-0.05, 0) is 68.5 Å². The number of ether oxygens (including phenoxy) is 1. The third-order valence-electron chi connectivity index (χ3n) is 6.72. The molecular weight excluding hydrogens is 462 g/mol. The first kappa shape index (κ1) is 24.5. The Hall–Kier alpha value is -2.67. The average molecular weight is 491 g/mol. The first-order chi connectivity index (χ1) is 16.4. The smallest absolute Gasteiger partial charge is 0.259 e. The number of carbonyl (C=O) groups is 2. The summed E-state index contributed by atoms with van der Waals surface area (Å²) in [6.07, 6.45) is 4.58. The number of likely N-dealkylation sites (tertiary alicyclic amines) is 2. The van der Waals surface area contributed by atoms with Crippen LogP contribution in [0.5, 0.6) is 5.75 Å². The van der Waals surface area contributed by atoms with E-state index in [0.29, 0.717) is 30.2 Å². The van der Waals surface area contributed by atoms with Gasteiger partial charge in [0.2, 0.25) is 5.91 Å². The zero-order chi connectivity index (χ0) is 24.1. The number of halogens is 3. The minimum atomic E-state index is -0.886. The van der Waals surface area contributed by atoms with Crippen molar-refractivity contribution in [1.82, 2.24) is 9.80 Å². The average Bonchev–Trinajstić information content (AvgIpc) is 2.84. The van der Waals surface area contributed by atoms with Crippen LogP contribution < -0.4 is 4.74 Å². The maximum atomic E-state index is 14.3. The van der Waals surface area contributed by atoms with E-state index in [0.717, 1.165) is 44.5 Å². The highest BCUT2D eigenvalue weighted by atomic mass is 35.5. The Morgan fingerprint density at radius 1 is 0.912 bits per heavy atom. The third kappa shape index (κ3) is 5.69. The molecule has 1 atom stereocenters. The molecule has 0 N–H and O–H groups in total. The summed E-state index contributed by atoms with van der Waals surface area (Å²) in [5.74, 6) is -1.83. The van der Waals surface area contributed by atoms with Crippen molar-refractivity contribution in [2.24, 2.45) is 5.41 Å². The highest BCUT2D eigenvalue weighted by molar-refractivity contribution is 6.30. The molecule has 0 aromatic heterocycles. The molecule has 34 heavy (non-hydrogen) atoms. The van der Waals surface area contributed by atoms with E-state index in [4.69, 9.17) is 16.3 Å². The van der Waals surface area contributed by atoms with Gasteiger partial charge < -0.3 is 14.5 Å². The number of amides is 2. The van der Waals surface area contributed by atoms with Gasteiger partial charge in [0.05, 0.1) is 6.61 Å². The minimum absolute atomic E-state index is 0.0331. The molecule has 0 aliphatic carbocycles. The predicted molar refractivity (Wildman–Crippen MR) is 126 cm³/mol. The molecule has 182 valence electrons. The van der Waals surface area contributed by atoms with Gasteiger partial charge in [0.1, 0.15) is 22.9 Å². The highest BCUT2D eigenvalue weighted by Crippen LogP contribution is 2.36. The topological polar surface area (TPSA) is 49.9 Å². The second kappa shape index (κ2) is 10.7. The number of nitrogens with zero attached hydrogens (tertiary/aromatic N) is 2. The summed E-state index contributed by atoms with van der Waals surface area (Å²) in [4.78, 5) is 29.7. The van der Waals surface area contributed by atoms with E-state index < -0.39 is 28.5 Å². The van der Waals surface area contributed by atoms with E-state index in [1.807, 2.05) is 4.90 Å². The number of carbonyl (C=O) groups excluding carboxylic acids is 2. The van der Waals surface area contributed by atoms with Crippen LogP contribution in [0.1, 0.15) is 48.9 Å². The van der Waals surface area contributed by atoms with Crippen molar-refractivity contribution in [3.63, 3.8) is 0 Å².